The lowest BCUT2D eigenvalue weighted by atomic mass is 10.2. The Balaban J connectivity index is 3.17. The Hall–Kier alpha value is -1.57. The van der Waals surface area contributed by atoms with E-state index >= 15 is 0 Å². The van der Waals surface area contributed by atoms with Crippen LogP contribution in [0.2, 0.25) is 5.02 Å². The minimum Gasteiger partial charge on any atom is -0.365 e. The number of nitrogens with two attached hydrogens (primary N) is 1. The van der Waals surface area contributed by atoms with Crippen molar-refractivity contribution < 1.29 is 9.66 Å². The molecule has 0 aliphatic rings. The van der Waals surface area contributed by atoms with Gasteiger partial charge in [-0.2, -0.15) is 0 Å². The molecule has 2 atom stereocenters. The molecule has 0 spiro atoms. The molecule has 4 N–H and O–H groups in total. The summed E-state index contributed by atoms with van der Waals surface area (Å²) in [6, 6.07) is 2.82. The molecule has 19 heavy (non-hydrogen) atoms. The summed E-state index contributed by atoms with van der Waals surface area (Å²) < 4.78 is 5.06. The Morgan fingerprint density at radius 3 is 2.47 bits per heavy atom. The molecular formula is C11H17ClN4O3. The van der Waals surface area contributed by atoms with E-state index in [2.05, 4.69) is 10.6 Å². The summed E-state index contributed by atoms with van der Waals surface area (Å²) in [5.41, 5.74) is 6.30. The highest BCUT2D eigenvalue weighted by atomic mass is 35.5. The molecule has 0 fully saturated rings. The number of hydrogen-bond acceptors (Lipinski definition) is 6. The van der Waals surface area contributed by atoms with Crippen molar-refractivity contribution in [2.24, 2.45) is 5.73 Å². The van der Waals surface area contributed by atoms with Crippen molar-refractivity contribution in [3.05, 3.63) is 27.3 Å². The average molecular weight is 289 g/mol. The van der Waals surface area contributed by atoms with E-state index in [1.54, 1.807) is 19.9 Å². The third-order valence-corrected chi connectivity index (χ3v) is 2.69. The highest BCUT2D eigenvalue weighted by molar-refractivity contribution is 6.33. The van der Waals surface area contributed by atoms with E-state index in [1.807, 2.05) is 0 Å². The molecular weight excluding hydrogens is 272 g/mol. The number of nitro benzene ring substituents is 1. The smallest absolute Gasteiger partial charge is 0.294 e. The molecule has 0 aliphatic heterocycles. The molecule has 7 nitrogen and oxygen atoms in total. The molecule has 0 radical (unpaired) electrons. The van der Waals surface area contributed by atoms with E-state index in [0.717, 1.165) is 0 Å². The standard InChI is InChI=1S/C11H17ClN4O3/c1-6(13)14-10-5-9(15-7(2)19-3)8(12)4-11(10)16(17)18/h4-7,14-15H,13H2,1-3H3. The zero-order chi connectivity index (χ0) is 14.6. The lowest BCUT2D eigenvalue weighted by Crippen LogP contribution is -2.26. The molecule has 106 valence electrons. The second kappa shape index (κ2) is 6.55. The van der Waals surface area contributed by atoms with Crippen LogP contribution in [0.25, 0.3) is 0 Å². The first-order valence-corrected chi connectivity index (χ1v) is 6.02. The first-order valence-electron chi connectivity index (χ1n) is 5.64. The number of nitro groups is 1. The fourth-order valence-electron chi connectivity index (χ4n) is 1.46. The highest BCUT2D eigenvalue weighted by Gasteiger charge is 2.18. The molecule has 0 heterocycles. The van der Waals surface area contributed by atoms with Gasteiger partial charge in [-0.1, -0.05) is 11.6 Å². The Kier molecular flexibility index (Phi) is 5.34. The summed E-state index contributed by atoms with van der Waals surface area (Å²) in [6.07, 6.45) is -0.699. The number of nitrogens with one attached hydrogen (secondary N) is 2. The zero-order valence-corrected chi connectivity index (χ0v) is 11.7. The molecule has 0 bridgehead atoms. The Bertz CT molecular complexity index is 467. The molecule has 8 heteroatoms. The summed E-state index contributed by atoms with van der Waals surface area (Å²) in [7, 11) is 1.54. The lowest BCUT2D eigenvalue weighted by molar-refractivity contribution is -0.384. The summed E-state index contributed by atoms with van der Waals surface area (Å²) in [6.45, 7) is 3.47. The Morgan fingerprint density at radius 2 is 2.00 bits per heavy atom. The van der Waals surface area contributed by atoms with Crippen LogP contribution in [0.3, 0.4) is 0 Å². The maximum atomic E-state index is 11.0. The number of rotatable bonds is 6. The molecule has 0 amide bonds. The number of ether oxygens (including phenoxy) is 1. The van der Waals surface area contributed by atoms with E-state index in [0.29, 0.717) is 11.4 Å². The SMILES string of the molecule is COC(C)Nc1cc(NC(C)N)c([N+](=O)[O-])cc1Cl. The minimum absolute atomic E-state index is 0.127. The number of benzene rings is 1. The number of nitrogens with zero attached hydrogens (tertiary/aromatic N) is 1. The quantitative estimate of drug-likeness (QED) is 0.422. The average Bonchev–Trinajstić information content (AvgIpc) is 2.31. The molecule has 0 aliphatic carbocycles. The van der Waals surface area contributed by atoms with Gasteiger partial charge in [0, 0.05) is 13.2 Å². The van der Waals surface area contributed by atoms with Crippen LogP contribution in [0, 0.1) is 10.1 Å². The molecule has 0 saturated carbocycles. The van der Waals surface area contributed by atoms with Crippen LogP contribution in [0.15, 0.2) is 12.1 Å². The monoisotopic (exact) mass is 288 g/mol. The normalized spacial score (nSPS) is 13.7. The van der Waals surface area contributed by atoms with Gasteiger partial charge >= 0.3 is 0 Å². The van der Waals surface area contributed by atoms with Gasteiger partial charge in [-0.3, -0.25) is 10.1 Å². The molecule has 0 saturated heterocycles. The van der Waals surface area contributed by atoms with Crippen molar-refractivity contribution in [3.63, 3.8) is 0 Å². The predicted octanol–water partition coefficient (Wildman–Crippen LogP) is 2.37. The maximum Gasteiger partial charge on any atom is 0.294 e. The van der Waals surface area contributed by atoms with Crippen molar-refractivity contribution >= 4 is 28.7 Å². The van der Waals surface area contributed by atoms with Crippen LogP contribution in [-0.4, -0.2) is 24.4 Å². The minimum atomic E-state index is -0.514. The van der Waals surface area contributed by atoms with Crippen molar-refractivity contribution in [2.45, 2.75) is 26.2 Å². The molecule has 2 unspecified atom stereocenters. The van der Waals surface area contributed by atoms with Gasteiger partial charge in [0.1, 0.15) is 11.9 Å². The lowest BCUT2D eigenvalue weighted by Gasteiger charge is -2.17. The van der Waals surface area contributed by atoms with E-state index in [1.165, 1.54) is 13.2 Å². The third kappa shape index (κ3) is 4.23. The molecule has 0 aromatic heterocycles. The Morgan fingerprint density at radius 1 is 1.37 bits per heavy atom. The largest absolute Gasteiger partial charge is 0.365 e. The first-order chi connectivity index (χ1) is 8.85. The number of halogens is 1. The second-order valence-electron chi connectivity index (χ2n) is 4.06. The van der Waals surface area contributed by atoms with Gasteiger partial charge in [0.2, 0.25) is 0 Å². The van der Waals surface area contributed by atoms with Gasteiger partial charge < -0.3 is 21.1 Å². The van der Waals surface area contributed by atoms with Crippen molar-refractivity contribution in [1.82, 2.24) is 0 Å². The van der Waals surface area contributed by atoms with Crippen LogP contribution in [0.1, 0.15) is 13.8 Å². The fourth-order valence-corrected chi connectivity index (χ4v) is 1.68. The predicted molar refractivity (Wildman–Crippen MR) is 75.5 cm³/mol. The van der Waals surface area contributed by atoms with Crippen LogP contribution >= 0.6 is 11.6 Å². The van der Waals surface area contributed by atoms with Gasteiger partial charge in [0.05, 0.1) is 21.8 Å². The summed E-state index contributed by atoms with van der Waals surface area (Å²) in [5, 5.41) is 17.0. The van der Waals surface area contributed by atoms with Gasteiger partial charge in [-0.05, 0) is 19.9 Å². The molecule has 1 rings (SSSR count). The molecule has 1 aromatic rings. The number of anilines is 2. The van der Waals surface area contributed by atoms with E-state index in [4.69, 9.17) is 22.1 Å². The summed E-state index contributed by atoms with van der Waals surface area (Å²) in [5.74, 6) is 0. The van der Waals surface area contributed by atoms with Gasteiger partial charge in [-0.15, -0.1) is 0 Å². The maximum absolute atomic E-state index is 11.0. The third-order valence-electron chi connectivity index (χ3n) is 2.38. The molecule has 1 aromatic carbocycles. The van der Waals surface area contributed by atoms with Gasteiger partial charge in [-0.25, -0.2) is 0 Å². The summed E-state index contributed by atoms with van der Waals surface area (Å²) >= 11 is 6.00. The second-order valence-corrected chi connectivity index (χ2v) is 4.47. The Labute approximate surface area is 116 Å². The topological polar surface area (TPSA) is 102 Å². The van der Waals surface area contributed by atoms with E-state index < -0.39 is 11.1 Å². The summed E-state index contributed by atoms with van der Waals surface area (Å²) in [4.78, 5) is 10.5. The number of hydrogen-bond donors (Lipinski definition) is 3. The van der Waals surface area contributed by atoms with Crippen molar-refractivity contribution in [1.29, 1.82) is 0 Å². The van der Waals surface area contributed by atoms with Crippen LogP contribution in [-0.2, 0) is 4.74 Å². The van der Waals surface area contributed by atoms with Crippen LogP contribution < -0.4 is 16.4 Å². The van der Waals surface area contributed by atoms with Gasteiger partial charge in [0.15, 0.2) is 0 Å². The first kappa shape index (κ1) is 15.5. The number of methoxy groups -OCH3 is 1. The highest BCUT2D eigenvalue weighted by Crippen LogP contribution is 2.34. The van der Waals surface area contributed by atoms with E-state index in [-0.39, 0.29) is 16.9 Å². The zero-order valence-electron chi connectivity index (χ0n) is 10.9. The van der Waals surface area contributed by atoms with Crippen LogP contribution in [0.5, 0.6) is 0 Å². The van der Waals surface area contributed by atoms with E-state index in [9.17, 15) is 10.1 Å². The van der Waals surface area contributed by atoms with Crippen molar-refractivity contribution in [3.8, 4) is 0 Å². The van der Waals surface area contributed by atoms with Crippen LogP contribution in [0.4, 0.5) is 17.1 Å². The van der Waals surface area contributed by atoms with Gasteiger partial charge in [0.25, 0.3) is 5.69 Å². The van der Waals surface area contributed by atoms with Crippen molar-refractivity contribution in [2.75, 3.05) is 17.7 Å². The fraction of sp³-hybridized carbons (Fsp3) is 0.455.